The average Bonchev–Trinajstić information content (AvgIpc) is 2.72. The maximum absolute atomic E-state index is 13.0. The highest BCUT2D eigenvalue weighted by atomic mass is 79.9. The van der Waals surface area contributed by atoms with E-state index < -0.39 is 10.0 Å². The Kier molecular flexibility index (Phi) is 7.10. The summed E-state index contributed by atoms with van der Waals surface area (Å²) in [6.07, 6.45) is 0. The van der Waals surface area contributed by atoms with Crippen LogP contribution in [0.15, 0.2) is 34.2 Å². The molecule has 0 bridgehead atoms. The summed E-state index contributed by atoms with van der Waals surface area (Å²) in [5.41, 5.74) is 1.02. The fourth-order valence-electron chi connectivity index (χ4n) is 3.14. The number of benzene rings is 1. The second-order valence-electron chi connectivity index (χ2n) is 6.49. The Balaban J connectivity index is 1.95. The van der Waals surface area contributed by atoms with E-state index in [0.29, 0.717) is 68.3 Å². The summed E-state index contributed by atoms with van der Waals surface area (Å²) in [5, 5.41) is 2.76. The van der Waals surface area contributed by atoms with Crippen LogP contribution >= 0.6 is 15.9 Å². The van der Waals surface area contributed by atoms with Gasteiger partial charge in [-0.2, -0.15) is 4.31 Å². The van der Waals surface area contributed by atoms with Crippen molar-refractivity contribution >= 4 is 37.5 Å². The van der Waals surface area contributed by atoms with Gasteiger partial charge in [0.25, 0.3) is 5.91 Å². The Hall–Kier alpha value is -1.46. The topological polar surface area (TPSA) is 88.2 Å². The van der Waals surface area contributed by atoms with Gasteiger partial charge in [-0.1, -0.05) is 22.5 Å². The maximum atomic E-state index is 13.0. The minimum atomic E-state index is -3.69. The lowest BCUT2D eigenvalue weighted by molar-refractivity contribution is 0.0730. The van der Waals surface area contributed by atoms with Gasteiger partial charge in [0.2, 0.25) is 10.0 Å². The van der Waals surface area contributed by atoms with Crippen LogP contribution < -0.4 is 10.2 Å². The molecule has 1 N–H and O–H groups in total. The van der Waals surface area contributed by atoms with Crippen molar-refractivity contribution in [3.63, 3.8) is 0 Å². The number of amides is 1. The molecule has 0 spiro atoms. The molecule has 0 aromatic heterocycles. The predicted molar refractivity (Wildman–Crippen MR) is 109 cm³/mol. The van der Waals surface area contributed by atoms with E-state index in [-0.39, 0.29) is 17.3 Å². The first-order valence-electron chi connectivity index (χ1n) is 9.06. The monoisotopic (exact) mass is 473 g/mol. The van der Waals surface area contributed by atoms with Crippen LogP contribution in [0.4, 0.5) is 5.69 Å². The average molecular weight is 474 g/mol. The lowest BCUT2D eigenvalue weighted by Crippen LogP contribution is -2.41. The van der Waals surface area contributed by atoms with Gasteiger partial charge < -0.3 is 19.7 Å². The zero-order valence-corrected chi connectivity index (χ0v) is 17.9. The van der Waals surface area contributed by atoms with Gasteiger partial charge in [-0.25, -0.2) is 8.42 Å². The largest absolute Gasteiger partial charge is 0.379 e. The van der Waals surface area contributed by atoms with Crippen LogP contribution in [0.25, 0.3) is 0 Å². The summed E-state index contributed by atoms with van der Waals surface area (Å²) in [4.78, 5) is 14.9. The summed E-state index contributed by atoms with van der Waals surface area (Å²) in [6, 6.07) is 4.73. The van der Waals surface area contributed by atoms with Crippen molar-refractivity contribution in [2.24, 2.45) is 0 Å². The third-order valence-electron chi connectivity index (χ3n) is 4.61. The van der Waals surface area contributed by atoms with Gasteiger partial charge in [0, 0.05) is 42.9 Å². The maximum Gasteiger partial charge on any atom is 0.253 e. The van der Waals surface area contributed by atoms with E-state index in [9.17, 15) is 13.2 Å². The van der Waals surface area contributed by atoms with E-state index in [1.54, 1.807) is 12.1 Å². The molecule has 2 heterocycles. The second-order valence-corrected chi connectivity index (χ2v) is 9.55. The van der Waals surface area contributed by atoms with Gasteiger partial charge in [-0.05, 0) is 18.2 Å². The van der Waals surface area contributed by atoms with E-state index in [2.05, 4.69) is 27.8 Å². The third kappa shape index (κ3) is 4.93. The summed E-state index contributed by atoms with van der Waals surface area (Å²) in [5.74, 6) is -0.346. The SMILES string of the molecule is C=C(Br)CNC(=O)c1cc(S(=O)(=O)N2CCOCC2)ccc1N1CCOCC1. The number of hydrogen-bond acceptors (Lipinski definition) is 6. The molecule has 28 heavy (non-hydrogen) atoms. The number of carbonyl (C=O) groups excluding carboxylic acids is 1. The molecule has 8 nitrogen and oxygen atoms in total. The molecule has 1 aromatic rings. The molecule has 0 unspecified atom stereocenters. The van der Waals surface area contributed by atoms with E-state index in [1.807, 2.05) is 4.90 Å². The van der Waals surface area contributed by atoms with Gasteiger partial charge in [0.05, 0.1) is 36.9 Å². The van der Waals surface area contributed by atoms with Gasteiger partial charge in [-0.15, -0.1) is 0 Å². The Labute approximate surface area is 173 Å². The number of nitrogens with one attached hydrogen (secondary N) is 1. The molecule has 2 aliphatic rings. The molecule has 2 saturated heterocycles. The molecule has 0 saturated carbocycles. The molecule has 0 radical (unpaired) electrons. The van der Waals surface area contributed by atoms with Gasteiger partial charge in [0.15, 0.2) is 0 Å². The number of carbonyl (C=O) groups is 1. The van der Waals surface area contributed by atoms with Crippen molar-refractivity contribution in [3.8, 4) is 0 Å². The van der Waals surface area contributed by atoms with Crippen LogP contribution in [0.1, 0.15) is 10.4 Å². The lowest BCUT2D eigenvalue weighted by Gasteiger charge is -2.31. The molecule has 2 aliphatic heterocycles. The van der Waals surface area contributed by atoms with Crippen molar-refractivity contribution in [2.45, 2.75) is 4.90 Å². The molecular weight excluding hydrogens is 450 g/mol. The Morgan fingerprint density at radius 2 is 1.71 bits per heavy atom. The number of anilines is 1. The summed E-state index contributed by atoms with van der Waals surface area (Å²) < 4.78 is 38.6. The van der Waals surface area contributed by atoms with Crippen molar-refractivity contribution in [2.75, 3.05) is 64.1 Å². The quantitative estimate of drug-likeness (QED) is 0.667. The van der Waals surface area contributed by atoms with Crippen molar-refractivity contribution in [1.29, 1.82) is 0 Å². The molecule has 2 fully saturated rings. The second kappa shape index (κ2) is 9.36. The highest BCUT2D eigenvalue weighted by Gasteiger charge is 2.28. The van der Waals surface area contributed by atoms with Crippen molar-refractivity contribution < 1.29 is 22.7 Å². The molecule has 1 aromatic carbocycles. The number of ether oxygens (including phenoxy) is 2. The minimum absolute atomic E-state index is 0.106. The number of sulfonamides is 1. The molecule has 154 valence electrons. The normalized spacial score (nSPS) is 18.7. The number of morpholine rings is 2. The van der Waals surface area contributed by atoms with E-state index >= 15 is 0 Å². The fraction of sp³-hybridized carbons (Fsp3) is 0.500. The molecule has 0 atom stereocenters. The van der Waals surface area contributed by atoms with Crippen LogP contribution in [0.3, 0.4) is 0 Å². The van der Waals surface area contributed by atoms with E-state index in [4.69, 9.17) is 9.47 Å². The van der Waals surface area contributed by atoms with Crippen LogP contribution in [0.5, 0.6) is 0 Å². The van der Waals surface area contributed by atoms with Gasteiger partial charge in [0.1, 0.15) is 0 Å². The number of rotatable bonds is 6. The molecule has 0 aliphatic carbocycles. The first kappa shape index (κ1) is 21.3. The highest BCUT2D eigenvalue weighted by molar-refractivity contribution is 9.11. The highest BCUT2D eigenvalue weighted by Crippen LogP contribution is 2.27. The van der Waals surface area contributed by atoms with Crippen LogP contribution in [0.2, 0.25) is 0 Å². The van der Waals surface area contributed by atoms with Crippen molar-refractivity contribution in [1.82, 2.24) is 9.62 Å². The minimum Gasteiger partial charge on any atom is -0.379 e. The van der Waals surface area contributed by atoms with E-state index in [0.717, 1.165) is 0 Å². The van der Waals surface area contributed by atoms with Crippen LogP contribution in [-0.2, 0) is 19.5 Å². The van der Waals surface area contributed by atoms with Gasteiger partial charge >= 0.3 is 0 Å². The fourth-order valence-corrected chi connectivity index (χ4v) is 4.72. The summed E-state index contributed by atoms with van der Waals surface area (Å²) >= 11 is 3.22. The van der Waals surface area contributed by atoms with Crippen LogP contribution in [0, 0.1) is 0 Å². The lowest BCUT2D eigenvalue weighted by atomic mass is 10.1. The van der Waals surface area contributed by atoms with Gasteiger partial charge in [-0.3, -0.25) is 4.79 Å². The van der Waals surface area contributed by atoms with Crippen LogP contribution in [-0.4, -0.2) is 77.8 Å². The smallest absolute Gasteiger partial charge is 0.253 e. The predicted octanol–water partition coefficient (Wildman–Crippen LogP) is 1.18. The summed E-state index contributed by atoms with van der Waals surface area (Å²) in [6.45, 7) is 7.71. The Bertz CT molecular complexity index is 834. The van der Waals surface area contributed by atoms with E-state index in [1.165, 1.54) is 10.4 Å². The zero-order valence-electron chi connectivity index (χ0n) is 15.5. The summed E-state index contributed by atoms with van der Waals surface area (Å²) in [7, 11) is -3.69. The standard InChI is InChI=1S/C18H24BrN3O5S/c1-14(19)13-20-18(23)16-12-15(28(24,25)22-6-10-27-11-7-22)2-3-17(16)21-4-8-26-9-5-21/h2-3,12H,1,4-11,13H2,(H,20,23). The first-order valence-corrected chi connectivity index (χ1v) is 11.3. The molecule has 3 rings (SSSR count). The first-order chi connectivity index (χ1) is 13.4. The number of hydrogen-bond donors (Lipinski definition) is 1. The third-order valence-corrected chi connectivity index (χ3v) is 6.79. The van der Waals surface area contributed by atoms with Crippen molar-refractivity contribution in [3.05, 3.63) is 34.8 Å². The number of nitrogens with zero attached hydrogens (tertiary/aromatic N) is 2. The molecule has 10 heteroatoms. The Morgan fingerprint density at radius 1 is 1.11 bits per heavy atom. The molecule has 1 amide bonds. The molecular formula is C18H24BrN3O5S. The zero-order chi connectivity index (χ0) is 20.1. The number of halogens is 1. The Morgan fingerprint density at radius 3 is 2.32 bits per heavy atom.